The lowest BCUT2D eigenvalue weighted by Gasteiger charge is -2.11. The largest absolute Gasteiger partial charge is 0.493 e. The highest BCUT2D eigenvalue weighted by molar-refractivity contribution is 7.89. The minimum absolute atomic E-state index is 0.188. The molecular weight excluding hydrogens is 426 g/mol. The molecule has 1 amide bonds. The zero-order chi connectivity index (χ0) is 21.7. The van der Waals surface area contributed by atoms with E-state index in [1.807, 2.05) is 6.07 Å². The van der Waals surface area contributed by atoms with Gasteiger partial charge in [0, 0.05) is 25.0 Å². The zero-order valence-electron chi connectivity index (χ0n) is 16.7. The molecule has 0 radical (unpaired) electrons. The molecule has 3 rings (SSSR count). The average Bonchev–Trinajstić information content (AvgIpc) is 3.20. The Balaban J connectivity index is 1.63. The molecule has 1 heterocycles. The topological polar surface area (TPSA) is 97.8 Å². The number of hydrogen-bond donors (Lipinski definition) is 1. The minimum Gasteiger partial charge on any atom is -0.493 e. The molecule has 0 fully saturated rings. The van der Waals surface area contributed by atoms with Crippen molar-refractivity contribution in [3.05, 3.63) is 53.9 Å². The van der Waals surface area contributed by atoms with E-state index in [0.717, 1.165) is 9.87 Å². The summed E-state index contributed by atoms with van der Waals surface area (Å²) in [7, 11) is 1.01. The molecule has 2 aromatic carbocycles. The van der Waals surface area contributed by atoms with Gasteiger partial charge in [0.05, 0.1) is 17.7 Å². The highest BCUT2D eigenvalue weighted by atomic mass is 32.2. The number of para-hydroxylation sites is 2. The smallest absolute Gasteiger partial charge is 0.264 e. The van der Waals surface area contributed by atoms with Crippen molar-refractivity contribution in [1.82, 2.24) is 9.29 Å². The average molecular weight is 448 g/mol. The normalized spacial score (nSPS) is 11.3. The zero-order valence-corrected chi connectivity index (χ0v) is 18.3. The van der Waals surface area contributed by atoms with Gasteiger partial charge in [-0.15, -0.1) is 11.3 Å². The number of rotatable bonds is 8. The Morgan fingerprint density at radius 2 is 1.77 bits per heavy atom. The summed E-state index contributed by atoms with van der Waals surface area (Å²) in [5.74, 6) is 0.665. The number of anilines is 1. The third kappa shape index (κ3) is 4.96. The monoisotopic (exact) mass is 447 g/mol. The Morgan fingerprint density at radius 3 is 2.40 bits per heavy atom. The number of methoxy groups -OCH3 is 1. The second kappa shape index (κ2) is 9.24. The molecule has 3 aromatic rings. The van der Waals surface area contributed by atoms with Crippen LogP contribution < -0.4 is 14.8 Å². The van der Waals surface area contributed by atoms with Crippen LogP contribution in [0.1, 0.15) is 0 Å². The van der Waals surface area contributed by atoms with Crippen LogP contribution in [0.5, 0.6) is 11.5 Å². The van der Waals surface area contributed by atoms with Crippen molar-refractivity contribution in [3.63, 3.8) is 0 Å². The summed E-state index contributed by atoms with van der Waals surface area (Å²) < 4.78 is 36.1. The summed E-state index contributed by atoms with van der Waals surface area (Å²) in [4.78, 5) is 16.8. The van der Waals surface area contributed by atoms with Crippen LogP contribution >= 0.6 is 11.3 Å². The molecule has 0 spiro atoms. The predicted octanol–water partition coefficient (Wildman–Crippen LogP) is 3.09. The molecule has 0 saturated heterocycles. The van der Waals surface area contributed by atoms with E-state index >= 15 is 0 Å². The minimum atomic E-state index is -3.49. The number of carbonyl (C=O) groups excluding carboxylic acids is 1. The fourth-order valence-electron chi connectivity index (χ4n) is 2.51. The third-order valence-corrected chi connectivity index (χ3v) is 6.69. The Labute approximate surface area is 179 Å². The van der Waals surface area contributed by atoms with Crippen molar-refractivity contribution in [3.8, 4) is 22.8 Å². The SMILES string of the molecule is COc1ccccc1OCC(=O)Nc1nc(-c2ccc(S(=O)(=O)N(C)C)cc2)cs1. The lowest BCUT2D eigenvalue weighted by Crippen LogP contribution is -2.22. The van der Waals surface area contributed by atoms with Crippen molar-refractivity contribution in [2.24, 2.45) is 0 Å². The molecule has 158 valence electrons. The molecule has 10 heteroatoms. The summed E-state index contributed by atoms with van der Waals surface area (Å²) in [6, 6.07) is 13.5. The fraction of sp³-hybridized carbons (Fsp3) is 0.200. The molecular formula is C20H21N3O5S2. The number of nitrogens with zero attached hydrogens (tertiary/aromatic N) is 2. The van der Waals surface area contributed by atoms with Gasteiger partial charge in [0.1, 0.15) is 0 Å². The Kier molecular flexibility index (Phi) is 6.70. The van der Waals surface area contributed by atoms with E-state index in [9.17, 15) is 13.2 Å². The number of thiazole rings is 1. The second-order valence-corrected chi connectivity index (χ2v) is 9.35. The summed E-state index contributed by atoms with van der Waals surface area (Å²) >= 11 is 1.27. The van der Waals surface area contributed by atoms with Gasteiger partial charge >= 0.3 is 0 Å². The molecule has 0 atom stereocenters. The molecule has 30 heavy (non-hydrogen) atoms. The number of carbonyl (C=O) groups is 1. The van der Waals surface area contributed by atoms with E-state index in [2.05, 4.69) is 10.3 Å². The standard InChI is InChI=1S/C20H21N3O5S2/c1-23(2)30(25,26)15-10-8-14(9-11-15)16-13-29-20(21-16)22-19(24)12-28-18-7-5-4-6-17(18)27-3/h4-11,13H,12H2,1-3H3,(H,21,22,24). The van der Waals surface area contributed by atoms with Gasteiger partial charge in [-0.2, -0.15) is 0 Å². The molecule has 0 aliphatic heterocycles. The quantitative estimate of drug-likeness (QED) is 0.570. The summed E-state index contributed by atoms with van der Waals surface area (Å²) in [5, 5.41) is 4.89. The highest BCUT2D eigenvalue weighted by Crippen LogP contribution is 2.27. The van der Waals surface area contributed by atoms with Gasteiger partial charge < -0.3 is 9.47 Å². The van der Waals surface area contributed by atoms with Crippen molar-refractivity contribution >= 4 is 32.4 Å². The van der Waals surface area contributed by atoms with Crippen molar-refractivity contribution in [2.45, 2.75) is 4.90 Å². The molecule has 0 unspecified atom stereocenters. The van der Waals surface area contributed by atoms with E-state index in [1.54, 1.807) is 35.7 Å². The van der Waals surface area contributed by atoms with Gasteiger partial charge in [-0.25, -0.2) is 17.7 Å². The summed E-state index contributed by atoms with van der Waals surface area (Å²) in [6.07, 6.45) is 0. The van der Waals surface area contributed by atoms with Crippen molar-refractivity contribution in [1.29, 1.82) is 0 Å². The number of sulfonamides is 1. The first-order valence-corrected chi connectivity index (χ1v) is 11.2. The van der Waals surface area contributed by atoms with Crippen molar-refractivity contribution < 1.29 is 22.7 Å². The number of hydrogen-bond acceptors (Lipinski definition) is 7. The fourth-order valence-corrected chi connectivity index (χ4v) is 4.15. The van der Waals surface area contributed by atoms with Crippen molar-refractivity contribution in [2.75, 3.05) is 33.1 Å². The van der Waals surface area contributed by atoms with Crippen LogP contribution in [0.25, 0.3) is 11.3 Å². The number of benzene rings is 2. The Bertz CT molecular complexity index is 1130. The molecule has 1 aromatic heterocycles. The number of nitrogens with one attached hydrogen (secondary N) is 1. The maximum absolute atomic E-state index is 12.2. The number of amides is 1. The first-order valence-electron chi connectivity index (χ1n) is 8.85. The van der Waals surface area contributed by atoms with Crippen LogP contribution in [0.3, 0.4) is 0 Å². The maximum Gasteiger partial charge on any atom is 0.264 e. The summed E-state index contributed by atoms with van der Waals surface area (Å²) in [6.45, 7) is -0.188. The Hall–Kier alpha value is -2.95. The van der Waals surface area contributed by atoms with E-state index < -0.39 is 10.0 Å². The first-order chi connectivity index (χ1) is 14.3. The predicted molar refractivity (Wildman–Crippen MR) is 116 cm³/mol. The Morgan fingerprint density at radius 1 is 1.10 bits per heavy atom. The molecule has 0 aliphatic rings. The lowest BCUT2D eigenvalue weighted by atomic mass is 10.2. The highest BCUT2D eigenvalue weighted by Gasteiger charge is 2.17. The van der Waals surface area contributed by atoms with Crippen LogP contribution in [0.15, 0.2) is 58.8 Å². The van der Waals surface area contributed by atoms with E-state index in [-0.39, 0.29) is 17.4 Å². The van der Waals surface area contributed by atoms with Gasteiger partial charge in [0.2, 0.25) is 10.0 Å². The van der Waals surface area contributed by atoms with E-state index in [1.165, 1.54) is 44.7 Å². The van der Waals surface area contributed by atoms with Gasteiger partial charge in [0.25, 0.3) is 5.91 Å². The van der Waals surface area contributed by atoms with Crippen LogP contribution in [0.2, 0.25) is 0 Å². The van der Waals surface area contributed by atoms with Crippen LogP contribution in [-0.4, -0.2) is 51.4 Å². The van der Waals surface area contributed by atoms with Gasteiger partial charge in [0.15, 0.2) is 23.2 Å². The molecule has 8 nitrogen and oxygen atoms in total. The number of aromatic nitrogens is 1. The third-order valence-electron chi connectivity index (χ3n) is 4.11. The summed E-state index contributed by atoms with van der Waals surface area (Å²) in [5.41, 5.74) is 1.38. The second-order valence-electron chi connectivity index (χ2n) is 6.34. The van der Waals surface area contributed by atoms with Crippen LogP contribution in [0.4, 0.5) is 5.13 Å². The van der Waals surface area contributed by atoms with Gasteiger partial charge in [-0.3, -0.25) is 10.1 Å². The van der Waals surface area contributed by atoms with E-state index in [4.69, 9.17) is 9.47 Å². The number of ether oxygens (including phenoxy) is 2. The lowest BCUT2D eigenvalue weighted by molar-refractivity contribution is -0.118. The molecule has 0 aliphatic carbocycles. The van der Waals surface area contributed by atoms with Gasteiger partial charge in [-0.05, 0) is 24.3 Å². The van der Waals surface area contributed by atoms with E-state index in [0.29, 0.717) is 22.3 Å². The van der Waals surface area contributed by atoms with Gasteiger partial charge in [-0.1, -0.05) is 24.3 Å². The van der Waals surface area contributed by atoms with Crippen LogP contribution in [0, 0.1) is 0 Å². The molecule has 0 saturated carbocycles. The van der Waals surface area contributed by atoms with Crippen LogP contribution in [-0.2, 0) is 14.8 Å². The maximum atomic E-state index is 12.2. The first kappa shape index (κ1) is 21.8. The molecule has 1 N–H and O–H groups in total. The molecule has 0 bridgehead atoms.